The second kappa shape index (κ2) is 6.60. The first kappa shape index (κ1) is 14.6. The lowest BCUT2D eigenvalue weighted by Crippen LogP contribution is -2.26. The summed E-state index contributed by atoms with van der Waals surface area (Å²) in [5, 5.41) is 15.9. The van der Waals surface area contributed by atoms with Crippen LogP contribution in [0.3, 0.4) is 0 Å². The van der Waals surface area contributed by atoms with E-state index in [0.29, 0.717) is 0 Å². The zero-order chi connectivity index (χ0) is 15.4. The molecule has 1 amide bonds. The van der Waals surface area contributed by atoms with E-state index in [4.69, 9.17) is 4.42 Å². The first-order chi connectivity index (χ1) is 10.7. The molecule has 0 fully saturated rings. The van der Waals surface area contributed by atoms with Crippen LogP contribution < -0.4 is 5.32 Å². The van der Waals surface area contributed by atoms with Crippen LogP contribution in [0, 0.1) is 0 Å². The van der Waals surface area contributed by atoms with Crippen LogP contribution in [0.5, 0.6) is 0 Å². The van der Waals surface area contributed by atoms with E-state index in [1.165, 1.54) is 6.08 Å². The number of nitrogens with one attached hydrogen (secondary N) is 1. The predicted octanol–water partition coefficient (Wildman–Crippen LogP) is 3.36. The highest BCUT2D eigenvalue weighted by Crippen LogP contribution is 2.29. The van der Waals surface area contributed by atoms with Crippen LogP contribution in [0.15, 0.2) is 58.7 Å². The number of aliphatic hydroxyl groups excluding tert-OH is 1. The van der Waals surface area contributed by atoms with Crippen molar-refractivity contribution in [2.24, 2.45) is 0 Å². The molecule has 112 valence electrons. The van der Waals surface area contributed by atoms with E-state index in [1.54, 1.807) is 36.0 Å². The lowest BCUT2D eigenvalue weighted by molar-refractivity contribution is -0.116. The molecule has 4 nitrogen and oxygen atoms in total. The van der Waals surface area contributed by atoms with Crippen molar-refractivity contribution in [3.63, 3.8) is 0 Å². The number of thiophene rings is 1. The third kappa shape index (κ3) is 3.27. The molecule has 0 bridgehead atoms. The number of carbonyl (C=O) groups is 1. The number of furan rings is 1. The first-order valence-corrected chi connectivity index (χ1v) is 7.74. The van der Waals surface area contributed by atoms with Gasteiger partial charge in [-0.3, -0.25) is 4.79 Å². The molecule has 0 saturated heterocycles. The van der Waals surface area contributed by atoms with Gasteiger partial charge in [-0.05, 0) is 29.0 Å². The number of fused-ring (bicyclic) bond motifs is 1. The fraction of sp³-hybridized carbons (Fsp3) is 0.118. The van der Waals surface area contributed by atoms with Gasteiger partial charge in [-0.1, -0.05) is 18.2 Å². The van der Waals surface area contributed by atoms with Crippen molar-refractivity contribution in [1.82, 2.24) is 5.32 Å². The summed E-state index contributed by atoms with van der Waals surface area (Å²) in [7, 11) is 0. The average molecular weight is 313 g/mol. The fourth-order valence-electron chi connectivity index (χ4n) is 2.16. The number of amides is 1. The van der Waals surface area contributed by atoms with E-state index >= 15 is 0 Å². The zero-order valence-corrected chi connectivity index (χ0v) is 12.5. The Morgan fingerprint density at radius 1 is 1.36 bits per heavy atom. The number of carbonyl (C=O) groups excluding carboxylic acids is 1. The van der Waals surface area contributed by atoms with Crippen molar-refractivity contribution < 1.29 is 14.3 Å². The Balaban J connectivity index is 1.60. The third-order valence-corrected chi connectivity index (χ3v) is 4.29. The van der Waals surface area contributed by atoms with Crippen LogP contribution in [-0.2, 0) is 4.79 Å². The lowest BCUT2D eigenvalue weighted by Gasteiger charge is -2.10. The molecule has 3 aromatic rings. The summed E-state index contributed by atoms with van der Waals surface area (Å²) in [6.07, 6.45) is 5.45. The fourth-order valence-corrected chi connectivity index (χ4v) is 3.17. The smallest absolute Gasteiger partial charge is 0.244 e. The second-order valence-electron chi connectivity index (χ2n) is 4.84. The Hall–Kier alpha value is -2.37. The minimum absolute atomic E-state index is 0.176. The van der Waals surface area contributed by atoms with Gasteiger partial charge < -0.3 is 14.8 Å². The lowest BCUT2D eigenvalue weighted by atomic mass is 10.1. The van der Waals surface area contributed by atoms with E-state index in [0.717, 1.165) is 21.2 Å². The number of benzene rings is 1. The summed E-state index contributed by atoms with van der Waals surface area (Å²) in [5.74, 6) is -0.250. The highest BCUT2D eigenvalue weighted by Gasteiger charge is 2.13. The molecular weight excluding hydrogens is 298 g/mol. The van der Waals surface area contributed by atoms with E-state index in [2.05, 4.69) is 5.32 Å². The van der Waals surface area contributed by atoms with Gasteiger partial charge in [0, 0.05) is 28.4 Å². The number of hydrogen-bond donors (Lipinski definition) is 2. The Morgan fingerprint density at radius 2 is 2.23 bits per heavy atom. The Bertz CT molecular complexity index is 789. The van der Waals surface area contributed by atoms with Crippen LogP contribution >= 0.6 is 11.3 Å². The minimum atomic E-state index is -0.720. The Morgan fingerprint density at radius 3 is 3.05 bits per heavy atom. The third-order valence-electron chi connectivity index (χ3n) is 3.31. The average Bonchev–Trinajstić information content (AvgIpc) is 3.19. The molecule has 1 aromatic carbocycles. The molecule has 0 saturated carbocycles. The van der Waals surface area contributed by atoms with Crippen LogP contribution in [0.1, 0.15) is 17.2 Å². The molecule has 2 aromatic heterocycles. The van der Waals surface area contributed by atoms with Crippen LogP contribution in [0.2, 0.25) is 0 Å². The second-order valence-corrected chi connectivity index (χ2v) is 5.75. The number of aliphatic hydroxyl groups is 1. The molecule has 3 rings (SSSR count). The van der Waals surface area contributed by atoms with Crippen LogP contribution in [0.25, 0.3) is 16.2 Å². The van der Waals surface area contributed by atoms with Gasteiger partial charge in [-0.2, -0.15) is 0 Å². The zero-order valence-electron chi connectivity index (χ0n) is 11.7. The maximum absolute atomic E-state index is 11.7. The normalized spacial score (nSPS) is 12.8. The SMILES string of the molecule is O=C(/C=C/c1ccoc1)NC[C@H](O)c1csc2ccccc12. The van der Waals surface area contributed by atoms with Crippen molar-refractivity contribution >= 4 is 33.4 Å². The van der Waals surface area contributed by atoms with Gasteiger partial charge in [0.2, 0.25) is 5.91 Å². The molecule has 0 unspecified atom stereocenters. The monoisotopic (exact) mass is 313 g/mol. The predicted molar refractivity (Wildman–Crippen MR) is 87.5 cm³/mol. The standard InChI is InChI=1S/C17H15NO3S/c19-15(14-11-22-16-4-2-1-3-13(14)16)9-18-17(20)6-5-12-7-8-21-10-12/h1-8,10-11,15,19H,9H2,(H,18,20)/b6-5+/t15-/m0/s1. The van der Waals surface area contributed by atoms with Crippen molar-refractivity contribution in [2.75, 3.05) is 6.54 Å². The highest BCUT2D eigenvalue weighted by atomic mass is 32.1. The van der Waals surface area contributed by atoms with Crippen LogP contribution in [0.4, 0.5) is 0 Å². The first-order valence-electron chi connectivity index (χ1n) is 6.86. The molecule has 22 heavy (non-hydrogen) atoms. The Labute approximate surface area is 131 Å². The van der Waals surface area contributed by atoms with Crippen molar-refractivity contribution in [3.05, 3.63) is 65.4 Å². The van der Waals surface area contributed by atoms with Gasteiger partial charge in [0.15, 0.2) is 0 Å². The van der Waals surface area contributed by atoms with Crippen molar-refractivity contribution in [2.45, 2.75) is 6.10 Å². The van der Waals surface area contributed by atoms with Gasteiger partial charge >= 0.3 is 0 Å². The van der Waals surface area contributed by atoms with E-state index in [9.17, 15) is 9.90 Å². The van der Waals surface area contributed by atoms with Crippen molar-refractivity contribution in [3.8, 4) is 0 Å². The molecule has 0 aliphatic heterocycles. The van der Waals surface area contributed by atoms with Gasteiger partial charge in [0.05, 0.1) is 18.6 Å². The van der Waals surface area contributed by atoms with E-state index in [-0.39, 0.29) is 12.5 Å². The van der Waals surface area contributed by atoms with Gasteiger partial charge in [-0.15, -0.1) is 11.3 Å². The molecule has 1 atom stereocenters. The van der Waals surface area contributed by atoms with Gasteiger partial charge in [0.25, 0.3) is 0 Å². The summed E-state index contributed by atoms with van der Waals surface area (Å²) in [6.45, 7) is 0.176. The van der Waals surface area contributed by atoms with E-state index in [1.807, 2.05) is 29.6 Å². The van der Waals surface area contributed by atoms with Crippen molar-refractivity contribution in [1.29, 1.82) is 0 Å². The number of hydrogen-bond acceptors (Lipinski definition) is 4. The van der Waals surface area contributed by atoms with Gasteiger partial charge in [-0.25, -0.2) is 0 Å². The Kier molecular flexibility index (Phi) is 4.37. The molecule has 5 heteroatoms. The largest absolute Gasteiger partial charge is 0.472 e. The molecule has 2 heterocycles. The molecule has 0 aliphatic rings. The summed E-state index contributed by atoms with van der Waals surface area (Å²) in [4.78, 5) is 11.7. The van der Waals surface area contributed by atoms with Gasteiger partial charge in [0.1, 0.15) is 0 Å². The maximum Gasteiger partial charge on any atom is 0.244 e. The summed E-state index contributed by atoms with van der Waals surface area (Å²) >= 11 is 1.59. The summed E-state index contributed by atoms with van der Waals surface area (Å²) in [5.41, 5.74) is 1.67. The number of rotatable bonds is 5. The highest BCUT2D eigenvalue weighted by molar-refractivity contribution is 7.17. The molecular formula is C17H15NO3S. The summed E-state index contributed by atoms with van der Waals surface area (Å²) < 4.78 is 6.04. The molecule has 2 N–H and O–H groups in total. The maximum atomic E-state index is 11.7. The minimum Gasteiger partial charge on any atom is -0.472 e. The summed E-state index contributed by atoms with van der Waals surface area (Å²) in [6, 6.07) is 9.67. The molecule has 0 aliphatic carbocycles. The topological polar surface area (TPSA) is 62.5 Å². The molecule has 0 radical (unpaired) electrons. The quantitative estimate of drug-likeness (QED) is 0.710. The van der Waals surface area contributed by atoms with Crippen LogP contribution in [-0.4, -0.2) is 17.6 Å². The molecule has 0 spiro atoms. The van der Waals surface area contributed by atoms with E-state index < -0.39 is 6.10 Å².